The van der Waals surface area contributed by atoms with E-state index < -0.39 is 5.97 Å². The molecule has 1 aliphatic carbocycles. The molecule has 6 heteroatoms. The van der Waals surface area contributed by atoms with Gasteiger partial charge in [0, 0.05) is 26.2 Å². The second-order valence-corrected chi connectivity index (χ2v) is 9.35. The molecule has 3 aromatic rings. The summed E-state index contributed by atoms with van der Waals surface area (Å²) < 4.78 is 2.33. The molecule has 1 N–H and O–H groups in total. The van der Waals surface area contributed by atoms with Crippen molar-refractivity contribution in [2.75, 3.05) is 38.1 Å². The van der Waals surface area contributed by atoms with E-state index in [2.05, 4.69) is 63.9 Å². The fourth-order valence-electron chi connectivity index (χ4n) is 5.34. The molecule has 1 saturated carbocycles. The zero-order valence-corrected chi connectivity index (χ0v) is 18.8. The maximum atomic E-state index is 11.7. The highest BCUT2D eigenvalue weighted by Crippen LogP contribution is 2.38. The van der Waals surface area contributed by atoms with Crippen LogP contribution in [0.2, 0.25) is 0 Å². The predicted octanol–water partition coefficient (Wildman–Crippen LogP) is 4.19. The maximum Gasteiger partial charge on any atom is 0.307 e. The Balaban J connectivity index is 1.42. The van der Waals surface area contributed by atoms with Crippen LogP contribution in [0, 0.1) is 5.92 Å². The van der Waals surface area contributed by atoms with E-state index in [-0.39, 0.29) is 11.8 Å². The van der Waals surface area contributed by atoms with E-state index in [1.54, 1.807) is 0 Å². The number of hydrogen-bond acceptors (Lipinski definition) is 4. The molecule has 1 aliphatic heterocycles. The summed E-state index contributed by atoms with van der Waals surface area (Å²) in [6.45, 7) is 4.82. The maximum absolute atomic E-state index is 11.7. The van der Waals surface area contributed by atoms with Crippen LogP contribution in [0.25, 0.3) is 11.0 Å². The van der Waals surface area contributed by atoms with Crippen LogP contribution >= 0.6 is 0 Å². The number of likely N-dealkylation sites (N-methyl/N-ethyl adjacent to an activating group) is 1. The summed E-state index contributed by atoms with van der Waals surface area (Å²) in [5, 5.41) is 9.65. The van der Waals surface area contributed by atoms with Crippen molar-refractivity contribution in [3.63, 3.8) is 0 Å². The predicted molar refractivity (Wildman–Crippen MR) is 127 cm³/mol. The first kappa shape index (κ1) is 21.0. The van der Waals surface area contributed by atoms with Gasteiger partial charge >= 0.3 is 5.97 Å². The van der Waals surface area contributed by atoms with Gasteiger partial charge in [-0.15, -0.1) is 0 Å². The lowest BCUT2D eigenvalue weighted by Gasteiger charge is -2.33. The number of carbonyl (C=O) groups is 1. The number of fused-ring (bicyclic) bond motifs is 1. The molecule has 0 bridgehead atoms. The number of rotatable bonds is 5. The summed E-state index contributed by atoms with van der Waals surface area (Å²) >= 11 is 0. The van der Waals surface area contributed by atoms with Crippen LogP contribution in [-0.2, 0) is 11.3 Å². The Morgan fingerprint density at radius 2 is 1.72 bits per heavy atom. The van der Waals surface area contributed by atoms with Crippen molar-refractivity contribution in [3.8, 4) is 0 Å². The third-order valence-corrected chi connectivity index (χ3v) is 7.25. The number of imidazole rings is 1. The second kappa shape index (κ2) is 8.94. The highest BCUT2D eigenvalue weighted by atomic mass is 16.4. The minimum Gasteiger partial charge on any atom is -0.481 e. The van der Waals surface area contributed by atoms with Crippen LogP contribution in [0.3, 0.4) is 0 Å². The number of nitrogens with zero attached hydrogens (tertiary/aromatic N) is 4. The molecule has 2 aliphatic rings. The lowest BCUT2D eigenvalue weighted by atomic mass is 9.75. The molecule has 0 radical (unpaired) electrons. The highest BCUT2D eigenvalue weighted by Gasteiger charge is 2.31. The SMILES string of the molecule is CN1CCN(c2nc3ccccc3n2Cc2ccc(C3CCCC[C@H]3C(=O)O)cc2)CC1. The number of anilines is 1. The summed E-state index contributed by atoms with van der Waals surface area (Å²) in [6, 6.07) is 17.0. The molecular weight excluding hydrogens is 400 g/mol. The molecule has 2 fully saturated rings. The van der Waals surface area contributed by atoms with Gasteiger partial charge in [0.1, 0.15) is 0 Å². The van der Waals surface area contributed by atoms with Gasteiger partial charge < -0.3 is 19.5 Å². The fraction of sp³-hybridized carbons (Fsp3) is 0.462. The van der Waals surface area contributed by atoms with E-state index in [1.165, 1.54) is 5.56 Å². The standard InChI is InChI=1S/C26H32N4O2/c1-28-14-16-29(17-15-28)26-27-23-8-4-5-9-24(23)30(26)18-19-10-12-20(13-11-19)21-6-2-3-7-22(21)25(31)32/h4-5,8-13,21-22H,2-3,6-7,14-18H2,1H3,(H,31,32)/t21?,22-/m1/s1. The normalized spacial score (nSPS) is 22.3. The van der Waals surface area contributed by atoms with Crippen LogP contribution < -0.4 is 4.90 Å². The molecule has 1 saturated heterocycles. The molecule has 0 amide bonds. The van der Waals surface area contributed by atoms with Gasteiger partial charge in [-0.25, -0.2) is 4.98 Å². The topological polar surface area (TPSA) is 61.6 Å². The van der Waals surface area contributed by atoms with Crippen LogP contribution in [0.4, 0.5) is 5.95 Å². The first-order chi connectivity index (χ1) is 15.6. The second-order valence-electron chi connectivity index (χ2n) is 9.35. The summed E-state index contributed by atoms with van der Waals surface area (Å²) in [6.07, 6.45) is 3.90. The van der Waals surface area contributed by atoms with Gasteiger partial charge in [0.2, 0.25) is 5.95 Å². The average Bonchev–Trinajstić information content (AvgIpc) is 3.18. The van der Waals surface area contributed by atoms with Crippen LogP contribution in [0.15, 0.2) is 48.5 Å². The number of para-hydroxylation sites is 2. The Morgan fingerprint density at radius 3 is 2.47 bits per heavy atom. The van der Waals surface area contributed by atoms with E-state index >= 15 is 0 Å². The number of carboxylic acids is 1. The van der Waals surface area contributed by atoms with Gasteiger partial charge in [0.05, 0.1) is 23.5 Å². The average molecular weight is 433 g/mol. The zero-order valence-electron chi connectivity index (χ0n) is 18.8. The number of hydrogen-bond donors (Lipinski definition) is 1. The molecule has 6 nitrogen and oxygen atoms in total. The van der Waals surface area contributed by atoms with Crippen molar-refractivity contribution in [3.05, 3.63) is 59.7 Å². The lowest BCUT2D eigenvalue weighted by Crippen LogP contribution is -2.45. The molecule has 2 atom stereocenters. The molecular formula is C26H32N4O2. The molecule has 0 spiro atoms. The van der Waals surface area contributed by atoms with Crippen molar-refractivity contribution >= 4 is 23.0 Å². The van der Waals surface area contributed by atoms with Gasteiger partial charge in [-0.2, -0.15) is 0 Å². The smallest absolute Gasteiger partial charge is 0.307 e. The largest absolute Gasteiger partial charge is 0.481 e. The zero-order chi connectivity index (χ0) is 22.1. The third-order valence-electron chi connectivity index (χ3n) is 7.25. The molecule has 5 rings (SSSR count). The minimum absolute atomic E-state index is 0.130. The first-order valence-corrected chi connectivity index (χ1v) is 11.8. The quantitative estimate of drug-likeness (QED) is 0.655. The van der Waals surface area contributed by atoms with E-state index in [0.717, 1.165) is 81.0 Å². The summed E-state index contributed by atoms with van der Waals surface area (Å²) in [4.78, 5) is 21.5. The van der Waals surface area contributed by atoms with Crippen LogP contribution in [-0.4, -0.2) is 58.8 Å². The third kappa shape index (κ3) is 4.11. The monoisotopic (exact) mass is 432 g/mol. The molecule has 2 aromatic carbocycles. The lowest BCUT2D eigenvalue weighted by molar-refractivity contribution is -0.143. The van der Waals surface area contributed by atoms with Crippen molar-refractivity contribution in [1.82, 2.24) is 14.5 Å². The Morgan fingerprint density at radius 1 is 1.00 bits per heavy atom. The fourth-order valence-corrected chi connectivity index (χ4v) is 5.34. The van der Waals surface area contributed by atoms with E-state index in [0.29, 0.717) is 0 Å². The van der Waals surface area contributed by atoms with Gasteiger partial charge in [-0.05, 0) is 49.1 Å². The van der Waals surface area contributed by atoms with Gasteiger partial charge in [-0.3, -0.25) is 4.79 Å². The Kier molecular flexibility index (Phi) is 5.87. The van der Waals surface area contributed by atoms with E-state index in [4.69, 9.17) is 4.98 Å². The van der Waals surface area contributed by atoms with Gasteiger partial charge in [0.25, 0.3) is 0 Å². The Labute approximate surface area is 189 Å². The number of piperazine rings is 1. The van der Waals surface area contributed by atoms with Crippen molar-refractivity contribution in [2.45, 2.75) is 38.1 Å². The summed E-state index contributed by atoms with van der Waals surface area (Å²) in [5.74, 6) is 0.267. The Hall–Kier alpha value is -2.86. The van der Waals surface area contributed by atoms with Crippen molar-refractivity contribution < 1.29 is 9.90 Å². The molecule has 2 heterocycles. The van der Waals surface area contributed by atoms with Gasteiger partial charge in [0.15, 0.2) is 0 Å². The first-order valence-electron chi connectivity index (χ1n) is 11.8. The van der Waals surface area contributed by atoms with E-state index in [9.17, 15) is 9.90 Å². The number of benzene rings is 2. The van der Waals surface area contributed by atoms with Crippen molar-refractivity contribution in [1.29, 1.82) is 0 Å². The minimum atomic E-state index is -0.652. The van der Waals surface area contributed by atoms with Crippen molar-refractivity contribution in [2.24, 2.45) is 5.92 Å². The van der Waals surface area contributed by atoms with Crippen LogP contribution in [0.1, 0.15) is 42.7 Å². The number of carboxylic acid groups (broad SMARTS) is 1. The molecule has 1 unspecified atom stereocenters. The molecule has 168 valence electrons. The highest BCUT2D eigenvalue weighted by molar-refractivity contribution is 5.79. The number of aliphatic carboxylic acids is 1. The summed E-state index contributed by atoms with van der Waals surface area (Å²) in [5.41, 5.74) is 4.57. The Bertz CT molecular complexity index is 1080. The molecule has 1 aromatic heterocycles. The molecule has 32 heavy (non-hydrogen) atoms. The summed E-state index contributed by atoms with van der Waals surface area (Å²) in [7, 11) is 2.17. The van der Waals surface area contributed by atoms with Gasteiger partial charge in [-0.1, -0.05) is 49.2 Å². The van der Waals surface area contributed by atoms with E-state index in [1.807, 2.05) is 6.07 Å². The number of aromatic nitrogens is 2. The van der Waals surface area contributed by atoms with Crippen LogP contribution in [0.5, 0.6) is 0 Å².